The third-order valence-corrected chi connectivity index (χ3v) is 6.95. The third kappa shape index (κ3) is 3.33. The van der Waals surface area contributed by atoms with E-state index in [1.54, 1.807) is 35.5 Å². The number of fused-ring (bicyclic) bond motifs is 4. The van der Waals surface area contributed by atoms with Gasteiger partial charge in [0.05, 0.1) is 23.6 Å². The van der Waals surface area contributed by atoms with Crippen molar-refractivity contribution in [1.29, 1.82) is 0 Å². The van der Waals surface area contributed by atoms with E-state index in [4.69, 9.17) is 4.74 Å². The molecule has 2 fully saturated rings. The second-order valence-electron chi connectivity index (χ2n) is 9.04. The van der Waals surface area contributed by atoms with Gasteiger partial charge in [0.15, 0.2) is 5.78 Å². The number of ketones is 1. The predicted molar refractivity (Wildman–Crippen MR) is 133 cm³/mol. The Morgan fingerprint density at radius 3 is 2.36 bits per heavy atom. The Labute approximate surface area is 206 Å². The number of carbonyl (C=O) groups excluding carboxylic acids is 4. The lowest BCUT2D eigenvalue weighted by Crippen LogP contribution is -2.46. The molecule has 0 aliphatic carbocycles. The van der Waals surface area contributed by atoms with E-state index in [0.29, 0.717) is 17.0 Å². The molecule has 4 atom stereocenters. The molecule has 0 radical (unpaired) electrons. The van der Waals surface area contributed by atoms with E-state index >= 15 is 0 Å². The number of carbonyl (C=O) groups is 4. The molecule has 3 heterocycles. The van der Waals surface area contributed by atoms with E-state index in [9.17, 15) is 19.2 Å². The molecule has 0 unspecified atom stereocenters. The molecule has 3 aliphatic heterocycles. The number of rotatable bonds is 4. The molecule has 36 heavy (non-hydrogen) atoms. The normalized spacial score (nSPS) is 24.2. The second-order valence-corrected chi connectivity index (χ2v) is 9.04. The van der Waals surface area contributed by atoms with Gasteiger partial charge in [0.1, 0.15) is 11.8 Å². The lowest BCUT2D eigenvalue weighted by atomic mass is 9.86. The number of hydrogen-bond acceptors (Lipinski definition) is 7. The number of benzene rings is 3. The van der Waals surface area contributed by atoms with Gasteiger partial charge >= 0.3 is 5.97 Å². The molecular formula is C28H21N3O5. The number of nitrogens with zero attached hydrogens (tertiary/aromatic N) is 3. The summed E-state index contributed by atoms with van der Waals surface area (Å²) >= 11 is 0. The summed E-state index contributed by atoms with van der Waals surface area (Å²) in [6.45, 7) is 1.30. The maximum Gasteiger partial charge on any atom is 0.308 e. The minimum absolute atomic E-state index is 0.315. The average molecular weight is 479 g/mol. The fourth-order valence-electron chi connectivity index (χ4n) is 5.43. The Morgan fingerprint density at radius 2 is 1.61 bits per heavy atom. The fourth-order valence-corrected chi connectivity index (χ4v) is 5.43. The quantitative estimate of drug-likeness (QED) is 0.246. The van der Waals surface area contributed by atoms with Crippen molar-refractivity contribution in [3.05, 3.63) is 84.4 Å². The van der Waals surface area contributed by atoms with Crippen LogP contribution in [-0.2, 0) is 14.4 Å². The summed E-state index contributed by atoms with van der Waals surface area (Å²) in [6, 6.07) is 17.9. The summed E-state index contributed by atoms with van der Waals surface area (Å²) in [6.07, 6.45) is 5.10. The highest BCUT2D eigenvalue weighted by atomic mass is 16.5. The zero-order chi connectivity index (χ0) is 25.0. The summed E-state index contributed by atoms with van der Waals surface area (Å²) in [5.41, 5.74) is 0.828. The standard InChI is InChI=1S/C28H21N3O5/c1-16(32)36-21-12-9-18(10-13-21)26(33)25-24-23(22-7-4-14-29-31(22)25)27(34)30(28(24)35)20-11-8-17-5-2-3-6-19(17)15-20/h2-15,22-25H,1H3/t22-,23-,24+,25+/m1/s1. The highest BCUT2D eigenvalue weighted by molar-refractivity contribution is 6.25. The Kier molecular flexibility index (Phi) is 5.03. The monoisotopic (exact) mass is 479 g/mol. The summed E-state index contributed by atoms with van der Waals surface area (Å²) in [5, 5.41) is 7.86. The fraction of sp³-hybridized carbons (Fsp3) is 0.179. The number of hydrazone groups is 1. The van der Waals surface area contributed by atoms with Crippen LogP contribution in [0.25, 0.3) is 10.8 Å². The maximum absolute atomic E-state index is 13.8. The van der Waals surface area contributed by atoms with Crippen molar-refractivity contribution >= 4 is 46.2 Å². The van der Waals surface area contributed by atoms with E-state index in [1.165, 1.54) is 24.0 Å². The molecule has 6 rings (SSSR count). The summed E-state index contributed by atoms with van der Waals surface area (Å²) in [7, 11) is 0. The van der Waals surface area contributed by atoms with Gasteiger partial charge in [0.25, 0.3) is 0 Å². The van der Waals surface area contributed by atoms with Crippen LogP contribution in [0.2, 0.25) is 0 Å². The van der Waals surface area contributed by atoms with Crippen LogP contribution >= 0.6 is 0 Å². The molecule has 0 saturated carbocycles. The molecule has 3 aromatic rings. The first-order valence-electron chi connectivity index (χ1n) is 11.6. The molecule has 0 N–H and O–H groups in total. The van der Waals surface area contributed by atoms with Gasteiger partial charge in [-0.1, -0.05) is 36.4 Å². The van der Waals surface area contributed by atoms with Gasteiger partial charge in [-0.3, -0.25) is 24.2 Å². The Hall–Kier alpha value is -4.59. The summed E-state index contributed by atoms with van der Waals surface area (Å²) in [5.74, 6) is -2.83. The van der Waals surface area contributed by atoms with Gasteiger partial charge in [0.2, 0.25) is 11.8 Å². The summed E-state index contributed by atoms with van der Waals surface area (Å²) < 4.78 is 5.06. The van der Waals surface area contributed by atoms with Crippen LogP contribution < -0.4 is 9.64 Å². The van der Waals surface area contributed by atoms with E-state index < -0.39 is 35.8 Å². The van der Waals surface area contributed by atoms with Crippen molar-refractivity contribution in [3.8, 4) is 5.75 Å². The highest BCUT2D eigenvalue weighted by Gasteiger charge is 2.64. The molecule has 0 aromatic heterocycles. The van der Waals surface area contributed by atoms with Gasteiger partial charge in [0, 0.05) is 18.7 Å². The Morgan fingerprint density at radius 1 is 0.889 bits per heavy atom. The number of anilines is 1. The van der Waals surface area contributed by atoms with E-state index in [0.717, 1.165) is 10.8 Å². The van der Waals surface area contributed by atoms with Crippen LogP contribution in [0.3, 0.4) is 0 Å². The molecule has 0 bridgehead atoms. The van der Waals surface area contributed by atoms with Crippen LogP contribution in [0.15, 0.2) is 84.0 Å². The van der Waals surface area contributed by atoms with Gasteiger partial charge in [-0.15, -0.1) is 0 Å². The smallest absolute Gasteiger partial charge is 0.308 e. The molecular weight excluding hydrogens is 458 g/mol. The number of imide groups is 1. The number of esters is 1. The van der Waals surface area contributed by atoms with Crippen LogP contribution in [0.4, 0.5) is 5.69 Å². The minimum atomic E-state index is -0.942. The molecule has 178 valence electrons. The first-order valence-corrected chi connectivity index (χ1v) is 11.6. The maximum atomic E-state index is 13.8. The molecule has 2 amide bonds. The molecule has 8 heteroatoms. The molecule has 8 nitrogen and oxygen atoms in total. The zero-order valence-electron chi connectivity index (χ0n) is 19.3. The number of allylic oxidation sites excluding steroid dienone is 1. The lowest BCUT2D eigenvalue weighted by molar-refractivity contribution is -0.132. The summed E-state index contributed by atoms with van der Waals surface area (Å²) in [4.78, 5) is 53.6. The van der Waals surface area contributed by atoms with Gasteiger partial charge in [-0.2, -0.15) is 5.10 Å². The van der Waals surface area contributed by atoms with Crippen LogP contribution in [0.1, 0.15) is 17.3 Å². The number of Topliss-reactive ketones (excluding diaryl/α,β-unsaturated/α-hetero) is 1. The van der Waals surface area contributed by atoms with Crippen molar-refractivity contribution < 1.29 is 23.9 Å². The van der Waals surface area contributed by atoms with Crippen LogP contribution in [0, 0.1) is 11.8 Å². The largest absolute Gasteiger partial charge is 0.427 e. The Balaban J connectivity index is 1.38. The molecule has 0 spiro atoms. The average Bonchev–Trinajstić information content (AvgIpc) is 3.36. The SMILES string of the molecule is CC(=O)Oc1ccc(C(=O)[C@@H]2[C@H]3C(=O)N(c4ccc5ccccc5c4)C(=O)[C@@H]3[C@H]3C=CC=NN32)cc1. The van der Waals surface area contributed by atoms with Crippen LogP contribution in [0.5, 0.6) is 5.75 Å². The zero-order valence-corrected chi connectivity index (χ0v) is 19.3. The molecule has 3 aromatic carbocycles. The van der Waals surface area contributed by atoms with Crippen molar-refractivity contribution in [2.45, 2.75) is 19.0 Å². The van der Waals surface area contributed by atoms with E-state index in [2.05, 4.69) is 5.10 Å². The minimum Gasteiger partial charge on any atom is -0.427 e. The van der Waals surface area contributed by atoms with Gasteiger partial charge in [-0.25, -0.2) is 4.90 Å². The van der Waals surface area contributed by atoms with Crippen molar-refractivity contribution in [3.63, 3.8) is 0 Å². The van der Waals surface area contributed by atoms with Crippen molar-refractivity contribution in [2.24, 2.45) is 16.9 Å². The second kappa shape index (κ2) is 8.27. The van der Waals surface area contributed by atoms with Gasteiger partial charge < -0.3 is 4.74 Å². The molecule has 3 aliphatic rings. The van der Waals surface area contributed by atoms with Crippen molar-refractivity contribution in [2.75, 3.05) is 4.90 Å². The first-order chi connectivity index (χ1) is 17.4. The number of ether oxygens (including phenoxy) is 1. The topological polar surface area (TPSA) is 96.3 Å². The van der Waals surface area contributed by atoms with Crippen LogP contribution in [-0.4, -0.2) is 46.9 Å². The van der Waals surface area contributed by atoms with E-state index in [-0.39, 0.29) is 11.7 Å². The lowest BCUT2D eigenvalue weighted by Gasteiger charge is -2.30. The van der Waals surface area contributed by atoms with Gasteiger partial charge in [-0.05, 0) is 53.2 Å². The van der Waals surface area contributed by atoms with Crippen molar-refractivity contribution in [1.82, 2.24) is 5.01 Å². The number of amides is 2. The number of hydrogen-bond donors (Lipinski definition) is 0. The molecule has 2 saturated heterocycles. The third-order valence-electron chi connectivity index (χ3n) is 6.95. The predicted octanol–water partition coefficient (Wildman–Crippen LogP) is 3.36. The highest BCUT2D eigenvalue weighted by Crippen LogP contribution is 2.46. The van der Waals surface area contributed by atoms with E-state index in [1.807, 2.05) is 42.5 Å². The Bertz CT molecular complexity index is 1490. The first kappa shape index (κ1) is 21.9.